The number of hydrogen-bond donors (Lipinski definition) is 0. The fourth-order valence-corrected chi connectivity index (χ4v) is 1.39. The number of fused-ring (bicyclic) bond motifs is 1. The maximum absolute atomic E-state index is 12.8. The SMILES string of the molecule is C/C=C(/F)Oc1ccc2oc(C)cc2c1. The summed E-state index contributed by atoms with van der Waals surface area (Å²) in [6.45, 7) is 3.45. The van der Waals surface area contributed by atoms with Gasteiger partial charge in [-0.3, -0.25) is 0 Å². The molecule has 2 aromatic rings. The lowest BCUT2D eigenvalue weighted by atomic mass is 10.2. The van der Waals surface area contributed by atoms with E-state index in [0.29, 0.717) is 5.75 Å². The second-order valence-corrected chi connectivity index (χ2v) is 3.25. The van der Waals surface area contributed by atoms with E-state index in [1.807, 2.05) is 13.0 Å². The van der Waals surface area contributed by atoms with Crippen molar-refractivity contribution in [1.82, 2.24) is 0 Å². The summed E-state index contributed by atoms with van der Waals surface area (Å²) in [5, 5.41) is 0.911. The van der Waals surface area contributed by atoms with E-state index in [2.05, 4.69) is 0 Å². The summed E-state index contributed by atoms with van der Waals surface area (Å²) in [5.74, 6) is 1.30. The molecule has 2 rings (SSSR count). The summed E-state index contributed by atoms with van der Waals surface area (Å²) in [4.78, 5) is 0. The molecule has 0 spiro atoms. The highest BCUT2D eigenvalue weighted by molar-refractivity contribution is 5.79. The smallest absolute Gasteiger partial charge is 0.273 e. The van der Waals surface area contributed by atoms with Gasteiger partial charge in [-0.15, -0.1) is 0 Å². The van der Waals surface area contributed by atoms with Gasteiger partial charge in [0.05, 0.1) is 0 Å². The van der Waals surface area contributed by atoms with Crippen molar-refractivity contribution in [3.05, 3.63) is 42.1 Å². The molecule has 0 saturated carbocycles. The van der Waals surface area contributed by atoms with Crippen molar-refractivity contribution in [3.8, 4) is 5.75 Å². The van der Waals surface area contributed by atoms with Crippen LogP contribution in [0.1, 0.15) is 12.7 Å². The predicted octanol–water partition coefficient (Wildman–Crippen LogP) is 3.95. The molecule has 3 heteroatoms. The Balaban J connectivity index is 2.38. The first kappa shape index (κ1) is 9.77. The van der Waals surface area contributed by atoms with Gasteiger partial charge >= 0.3 is 0 Å². The van der Waals surface area contributed by atoms with Gasteiger partial charge in [0.25, 0.3) is 6.01 Å². The highest BCUT2D eigenvalue weighted by atomic mass is 19.1. The minimum Gasteiger partial charge on any atom is -0.461 e. The lowest BCUT2D eigenvalue weighted by Crippen LogP contribution is -1.87. The van der Waals surface area contributed by atoms with Crippen molar-refractivity contribution < 1.29 is 13.5 Å². The van der Waals surface area contributed by atoms with Gasteiger partial charge < -0.3 is 9.15 Å². The molecule has 0 aliphatic heterocycles. The van der Waals surface area contributed by atoms with E-state index in [1.54, 1.807) is 25.1 Å². The Morgan fingerprint density at radius 3 is 2.93 bits per heavy atom. The molecule has 0 amide bonds. The minimum absolute atomic E-state index is 0.471. The monoisotopic (exact) mass is 206 g/mol. The molecule has 0 N–H and O–H groups in total. The van der Waals surface area contributed by atoms with Crippen LogP contribution < -0.4 is 4.74 Å². The molecule has 1 heterocycles. The Bertz CT molecular complexity index is 511. The van der Waals surface area contributed by atoms with Crippen LogP contribution in [0.2, 0.25) is 0 Å². The lowest BCUT2D eigenvalue weighted by molar-refractivity contribution is 0.301. The predicted molar refractivity (Wildman–Crippen MR) is 56.4 cm³/mol. The van der Waals surface area contributed by atoms with Crippen molar-refractivity contribution in [2.75, 3.05) is 0 Å². The molecule has 78 valence electrons. The molecule has 1 aromatic carbocycles. The molecule has 2 nitrogen and oxygen atoms in total. The number of aryl methyl sites for hydroxylation is 1. The van der Waals surface area contributed by atoms with Crippen molar-refractivity contribution in [2.45, 2.75) is 13.8 Å². The molecular weight excluding hydrogens is 195 g/mol. The molecule has 0 fully saturated rings. The van der Waals surface area contributed by atoms with Gasteiger partial charge in [-0.2, -0.15) is 4.39 Å². The van der Waals surface area contributed by atoms with Gasteiger partial charge in [0.1, 0.15) is 17.1 Å². The molecule has 0 bridgehead atoms. The van der Waals surface area contributed by atoms with Crippen LogP contribution >= 0.6 is 0 Å². The van der Waals surface area contributed by atoms with Gasteiger partial charge in [-0.25, -0.2) is 0 Å². The van der Waals surface area contributed by atoms with Crippen molar-refractivity contribution in [2.24, 2.45) is 0 Å². The number of hydrogen-bond acceptors (Lipinski definition) is 2. The van der Waals surface area contributed by atoms with E-state index < -0.39 is 6.01 Å². The summed E-state index contributed by atoms with van der Waals surface area (Å²) in [7, 11) is 0. The van der Waals surface area contributed by atoms with Crippen LogP contribution in [0.4, 0.5) is 4.39 Å². The third-order valence-corrected chi connectivity index (χ3v) is 2.05. The summed E-state index contributed by atoms with van der Waals surface area (Å²) in [6.07, 6.45) is 1.27. The lowest BCUT2D eigenvalue weighted by Gasteiger charge is -2.01. The third-order valence-electron chi connectivity index (χ3n) is 2.05. The Kier molecular flexibility index (Phi) is 2.46. The molecule has 0 atom stereocenters. The summed E-state index contributed by atoms with van der Waals surface area (Å²) < 4.78 is 23.2. The van der Waals surface area contributed by atoms with Gasteiger partial charge in [0, 0.05) is 5.39 Å². The second-order valence-electron chi connectivity index (χ2n) is 3.25. The van der Waals surface area contributed by atoms with Crippen molar-refractivity contribution >= 4 is 11.0 Å². The van der Waals surface area contributed by atoms with Crippen LogP contribution in [0, 0.1) is 6.92 Å². The van der Waals surface area contributed by atoms with Crippen LogP contribution in [-0.2, 0) is 0 Å². The number of rotatable bonds is 2. The topological polar surface area (TPSA) is 22.4 Å². The molecule has 0 aliphatic carbocycles. The highest BCUT2D eigenvalue weighted by Crippen LogP contribution is 2.25. The number of halogens is 1. The first-order valence-electron chi connectivity index (χ1n) is 4.69. The first-order chi connectivity index (χ1) is 7.19. The molecule has 15 heavy (non-hydrogen) atoms. The van der Waals surface area contributed by atoms with E-state index >= 15 is 0 Å². The van der Waals surface area contributed by atoms with Crippen LogP contribution in [0.5, 0.6) is 5.75 Å². The third kappa shape index (κ3) is 2.01. The summed E-state index contributed by atoms with van der Waals surface area (Å²) in [5.41, 5.74) is 0.778. The maximum Gasteiger partial charge on any atom is 0.273 e. The molecule has 1 aromatic heterocycles. The van der Waals surface area contributed by atoms with Gasteiger partial charge in [-0.05, 0) is 44.2 Å². The van der Waals surface area contributed by atoms with E-state index in [-0.39, 0.29) is 0 Å². The van der Waals surface area contributed by atoms with Crippen molar-refractivity contribution in [3.63, 3.8) is 0 Å². The number of ether oxygens (including phenoxy) is 1. The van der Waals surface area contributed by atoms with Gasteiger partial charge in [-0.1, -0.05) is 0 Å². The summed E-state index contributed by atoms with van der Waals surface area (Å²) in [6, 6.07) is 6.47. The van der Waals surface area contributed by atoms with E-state index in [9.17, 15) is 4.39 Å². The zero-order valence-corrected chi connectivity index (χ0v) is 8.58. The quantitative estimate of drug-likeness (QED) is 0.694. The Hall–Kier alpha value is -1.77. The van der Waals surface area contributed by atoms with E-state index in [4.69, 9.17) is 9.15 Å². The molecule has 0 aliphatic rings. The fraction of sp³-hybridized carbons (Fsp3) is 0.167. The zero-order valence-electron chi connectivity index (χ0n) is 8.58. The van der Waals surface area contributed by atoms with E-state index in [0.717, 1.165) is 16.7 Å². The maximum atomic E-state index is 12.8. The molecule has 0 saturated heterocycles. The van der Waals surface area contributed by atoms with Crippen LogP contribution in [0.25, 0.3) is 11.0 Å². The molecule has 0 unspecified atom stereocenters. The average Bonchev–Trinajstić information content (AvgIpc) is 2.57. The minimum atomic E-state index is -0.602. The molecular formula is C12H11FO2. The van der Waals surface area contributed by atoms with E-state index in [1.165, 1.54) is 6.08 Å². The second kappa shape index (κ2) is 3.77. The molecule has 0 radical (unpaired) electrons. The zero-order chi connectivity index (χ0) is 10.8. The van der Waals surface area contributed by atoms with Crippen LogP contribution in [-0.4, -0.2) is 0 Å². The average molecular weight is 206 g/mol. The van der Waals surface area contributed by atoms with Gasteiger partial charge in [0.15, 0.2) is 0 Å². The standard InChI is InChI=1S/C12H11FO2/c1-3-12(13)15-10-4-5-11-9(7-10)6-8(2)14-11/h3-7H,1-2H3/b12-3-. The first-order valence-corrected chi connectivity index (χ1v) is 4.69. The normalized spacial score (nSPS) is 12.1. The summed E-state index contributed by atoms with van der Waals surface area (Å²) >= 11 is 0. The van der Waals surface area contributed by atoms with Crippen molar-refractivity contribution in [1.29, 1.82) is 0 Å². The number of allylic oxidation sites excluding steroid dienone is 1. The fourth-order valence-electron chi connectivity index (χ4n) is 1.39. The largest absolute Gasteiger partial charge is 0.461 e. The Labute approximate surface area is 87.0 Å². The highest BCUT2D eigenvalue weighted by Gasteiger charge is 2.03. The van der Waals surface area contributed by atoms with Crippen LogP contribution in [0.15, 0.2) is 40.8 Å². The number of furan rings is 1. The van der Waals surface area contributed by atoms with Crippen LogP contribution in [0.3, 0.4) is 0 Å². The van der Waals surface area contributed by atoms with Gasteiger partial charge in [0.2, 0.25) is 0 Å². The number of benzene rings is 1. The Morgan fingerprint density at radius 2 is 2.20 bits per heavy atom. The Morgan fingerprint density at radius 1 is 1.40 bits per heavy atom.